The summed E-state index contributed by atoms with van der Waals surface area (Å²) in [7, 11) is 0. The SMILES string of the molecule is C=C(N[C@@H](CCC(N)=O)C(=O)O)c1ccccc1. The summed E-state index contributed by atoms with van der Waals surface area (Å²) < 4.78 is 0. The van der Waals surface area contributed by atoms with Crippen LogP contribution in [0.4, 0.5) is 0 Å². The molecular weight excluding hydrogens is 232 g/mol. The van der Waals surface area contributed by atoms with Gasteiger partial charge in [-0.3, -0.25) is 4.79 Å². The average Bonchev–Trinajstić information content (AvgIpc) is 2.34. The molecule has 0 saturated carbocycles. The number of primary amides is 1. The Bertz CT molecular complexity index is 443. The van der Waals surface area contributed by atoms with Gasteiger partial charge in [0.05, 0.1) is 0 Å². The Morgan fingerprint density at radius 1 is 1.33 bits per heavy atom. The van der Waals surface area contributed by atoms with Crippen LogP contribution in [-0.2, 0) is 9.59 Å². The lowest BCUT2D eigenvalue weighted by Gasteiger charge is -2.17. The molecule has 0 spiro atoms. The number of nitrogens with one attached hydrogen (secondary N) is 1. The zero-order chi connectivity index (χ0) is 13.5. The monoisotopic (exact) mass is 248 g/mol. The van der Waals surface area contributed by atoms with Crippen LogP contribution in [0.15, 0.2) is 36.9 Å². The molecule has 18 heavy (non-hydrogen) atoms. The maximum absolute atomic E-state index is 11.0. The third-order valence-electron chi connectivity index (χ3n) is 2.45. The van der Waals surface area contributed by atoms with E-state index in [9.17, 15) is 9.59 Å². The summed E-state index contributed by atoms with van der Waals surface area (Å²) >= 11 is 0. The summed E-state index contributed by atoms with van der Waals surface area (Å²) in [5.41, 5.74) is 6.32. The number of benzene rings is 1. The number of nitrogens with two attached hydrogens (primary N) is 1. The van der Waals surface area contributed by atoms with Gasteiger partial charge in [0.25, 0.3) is 0 Å². The molecule has 1 amide bonds. The van der Waals surface area contributed by atoms with Crippen LogP contribution >= 0.6 is 0 Å². The molecule has 0 aliphatic heterocycles. The number of carboxylic acids is 1. The molecule has 1 aromatic carbocycles. The Morgan fingerprint density at radius 3 is 2.44 bits per heavy atom. The van der Waals surface area contributed by atoms with Gasteiger partial charge in [-0.05, 0) is 12.0 Å². The molecule has 0 heterocycles. The van der Waals surface area contributed by atoms with E-state index in [4.69, 9.17) is 10.8 Å². The molecular formula is C13H16N2O3. The zero-order valence-electron chi connectivity index (χ0n) is 9.93. The first-order valence-electron chi connectivity index (χ1n) is 5.52. The van der Waals surface area contributed by atoms with Crippen molar-refractivity contribution >= 4 is 17.6 Å². The minimum atomic E-state index is -1.03. The van der Waals surface area contributed by atoms with Crippen molar-refractivity contribution in [2.75, 3.05) is 0 Å². The molecule has 0 aliphatic rings. The Morgan fingerprint density at radius 2 is 1.94 bits per heavy atom. The van der Waals surface area contributed by atoms with Crippen molar-refractivity contribution in [3.8, 4) is 0 Å². The van der Waals surface area contributed by atoms with E-state index in [1.165, 1.54) is 0 Å². The molecule has 0 bridgehead atoms. The van der Waals surface area contributed by atoms with Crippen molar-refractivity contribution in [1.82, 2.24) is 5.32 Å². The van der Waals surface area contributed by atoms with Gasteiger partial charge in [0.15, 0.2) is 0 Å². The van der Waals surface area contributed by atoms with Crippen LogP contribution in [0.25, 0.3) is 5.70 Å². The zero-order valence-corrected chi connectivity index (χ0v) is 9.93. The van der Waals surface area contributed by atoms with Crippen LogP contribution in [0.3, 0.4) is 0 Å². The first-order valence-corrected chi connectivity index (χ1v) is 5.52. The fraction of sp³-hybridized carbons (Fsp3) is 0.231. The Balaban J connectivity index is 2.64. The predicted molar refractivity (Wildman–Crippen MR) is 68.5 cm³/mol. The molecule has 4 N–H and O–H groups in total. The first kappa shape index (κ1) is 13.8. The lowest BCUT2D eigenvalue weighted by Crippen LogP contribution is -2.36. The third kappa shape index (κ3) is 4.29. The summed E-state index contributed by atoms with van der Waals surface area (Å²) in [5.74, 6) is -1.55. The Labute approximate surface area is 105 Å². The molecule has 0 aliphatic carbocycles. The van der Waals surface area contributed by atoms with E-state index in [0.29, 0.717) is 5.70 Å². The number of carbonyl (C=O) groups excluding carboxylic acids is 1. The molecule has 1 atom stereocenters. The van der Waals surface area contributed by atoms with Crippen molar-refractivity contribution in [3.05, 3.63) is 42.5 Å². The number of aliphatic carboxylic acids is 1. The summed E-state index contributed by atoms with van der Waals surface area (Å²) in [4.78, 5) is 21.7. The maximum Gasteiger partial charge on any atom is 0.326 e. The Hall–Kier alpha value is -2.30. The first-order chi connectivity index (χ1) is 8.50. The van der Waals surface area contributed by atoms with Gasteiger partial charge in [-0.25, -0.2) is 4.79 Å². The van der Waals surface area contributed by atoms with Gasteiger partial charge >= 0.3 is 5.97 Å². The highest BCUT2D eigenvalue weighted by atomic mass is 16.4. The number of hydrogen-bond donors (Lipinski definition) is 3. The highest BCUT2D eigenvalue weighted by Crippen LogP contribution is 2.11. The number of carboxylic acid groups (broad SMARTS) is 1. The van der Waals surface area contributed by atoms with E-state index < -0.39 is 17.9 Å². The van der Waals surface area contributed by atoms with Crippen LogP contribution in [0.1, 0.15) is 18.4 Å². The molecule has 0 radical (unpaired) electrons. The third-order valence-corrected chi connectivity index (χ3v) is 2.45. The topological polar surface area (TPSA) is 92.4 Å². The molecule has 1 aromatic rings. The Kier molecular flexibility index (Phi) is 4.92. The minimum absolute atomic E-state index is 0.0199. The second kappa shape index (κ2) is 6.44. The average molecular weight is 248 g/mol. The quantitative estimate of drug-likeness (QED) is 0.670. The number of amides is 1. The molecule has 0 aromatic heterocycles. The van der Waals surface area contributed by atoms with E-state index >= 15 is 0 Å². The summed E-state index contributed by atoms with van der Waals surface area (Å²) in [6, 6.07) is 8.30. The standard InChI is InChI=1S/C13H16N2O3/c1-9(10-5-3-2-4-6-10)15-11(13(17)18)7-8-12(14)16/h2-6,11,15H,1,7-8H2,(H2,14,16)(H,17,18)/t11-/m0/s1. The molecule has 1 rings (SSSR count). The normalized spacial score (nSPS) is 11.6. The van der Waals surface area contributed by atoms with Crippen molar-refractivity contribution in [3.63, 3.8) is 0 Å². The second-order valence-electron chi connectivity index (χ2n) is 3.88. The van der Waals surface area contributed by atoms with Crippen LogP contribution in [0, 0.1) is 0 Å². The minimum Gasteiger partial charge on any atom is -0.480 e. The van der Waals surface area contributed by atoms with Crippen molar-refractivity contribution in [2.24, 2.45) is 5.73 Å². The smallest absolute Gasteiger partial charge is 0.326 e. The van der Waals surface area contributed by atoms with Gasteiger partial charge in [-0.1, -0.05) is 36.9 Å². The number of hydrogen-bond acceptors (Lipinski definition) is 3. The van der Waals surface area contributed by atoms with Crippen LogP contribution < -0.4 is 11.1 Å². The second-order valence-corrected chi connectivity index (χ2v) is 3.88. The largest absolute Gasteiger partial charge is 0.480 e. The van der Waals surface area contributed by atoms with Gasteiger partial charge in [0, 0.05) is 12.1 Å². The lowest BCUT2D eigenvalue weighted by atomic mass is 10.1. The van der Waals surface area contributed by atoms with E-state index in [0.717, 1.165) is 5.56 Å². The molecule has 5 heteroatoms. The van der Waals surface area contributed by atoms with Crippen molar-refractivity contribution < 1.29 is 14.7 Å². The predicted octanol–water partition coefficient (Wildman–Crippen LogP) is 0.966. The molecule has 0 fully saturated rings. The number of rotatable bonds is 7. The van der Waals surface area contributed by atoms with Crippen LogP contribution in [0.5, 0.6) is 0 Å². The summed E-state index contributed by atoms with van der Waals surface area (Å²) in [6.45, 7) is 3.78. The molecule has 0 unspecified atom stereocenters. The lowest BCUT2D eigenvalue weighted by molar-refractivity contribution is -0.139. The summed E-state index contributed by atoms with van der Waals surface area (Å²) in [6.07, 6.45) is 0.155. The van der Waals surface area contributed by atoms with Crippen LogP contribution in [0.2, 0.25) is 0 Å². The molecule has 5 nitrogen and oxygen atoms in total. The van der Waals surface area contributed by atoms with Gasteiger partial charge < -0.3 is 16.2 Å². The van der Waals surface area contributed by atoms with E-state index in [2.05, 4.69) is 11.9 Å². The van der Waals surface area contributed by atoms with Crippen molar-refractivity contribution in [2.45, 2.75) is 18.9 Å². The van der Waals surface area contributed by atoms with Gasteiger partial charge in [0.2, 0.25) is 5.91 Å². The van der Waals surface area contributed by atoms with Crippen LogP contribution in [-0.4, -0.2) is 23.0 Å². The maximum atomic E-state index is 11.0. The van der Waals surface area contributed by atoms with E-state index in [1.54, 1.807) is 0 Å². The van der Waals surface area contributed by atoms with E-state index in [1.807, 2.05) is 30.3 Å². The van der Waals surface area contributed by atoms with Gasteiger partial charge in [-0.2, -0.15) is 0 Å². The number of carbonyl (C=O) groups is 2. The fourth-order valence-corrected chi connectivity index (χ4v) is 1.48. The van der Waals surface area contributed by atoms with Crippen molar-refractivity contribution in [1.29, 1.82) is 0 Å². The van der Waals surface area contributed by atoms with Gasteiger partial charge in [-0.15, -0.1) is 0 Å². The highest BCUT2D eigenvalue weighted by molar-refractivity contribution is 5.79. The van der Waals surface area contributed by atoms with E-state index in [-0.39, 0.29) is 12.8 Å². The summed E-state index contributed by atoms with van der Waals surface area (Å²) in [5, 5.41) is 11.8. The fourth-order valence-electron chi connectivity index (χ4n) is 1.48. The molecule has 0 saturated heterocycles. The molecule has 96 valence electrons. The van der Waals surface area contributed by atoms with Gasteiger partial charge in [0.1, 0.15) is 6.04 Å². The highest BCUT2D eigenvalue weighted by Gasteiger charge is 2.18.